The Labute approximate surface area is 320 Å². The molecule has 0 aliphatic carbocycles. The molecule has 53 heavy (non-hydrogen) atoms. The number of aryl methyl sites for hydroxylation is 1. The number of nitrogens with zero attached hydrogens (tertiary/aromatic N) is 2. The number of hydrogen-bond donors (Lipinski definition) is 7. The van der Waals surface area contributed by atoms with E-state index in [0.29, 0.717) is 18.5 Å². The Hall–Kier alpha value is -1.64. The highest BCUT2D eigenvalue weighted by Crippen LogP contribution is 2.24. The molecule has 310 valence electrons. The van der Waals surface area contributed by atoms with Crippen molar-refractivity contribution in [3.8, 4) is 0 Å². The lowest BCUT2D eigenvalue weighted by Gasteiger charge is -2.40. The van der Waals surface area contributed by atoms with E-state index in [2.05, 4.69) is 17.3 Å². The van der Waals surface area contributed by atoms with Gasteiger partial charge in [-0.3, -0.25) is 9.48 Å². The zero-order valence-corrected chi connectivity index (χ0v) is 33.2. The lowest BCUT2D eigenvalue weighted by Crippen LogP contribution is -2.60. The van der Waals surface area contributed by atoms with Crippen LogP contribution in [-0.4, -0.2) is 102 Å². The van der Waals surface area contributed by atoms with Crippen molar-refractivity contribution in [1.82, 2.24) is 15.1 Å². The Kier molecular flexibility index (Phi) is 26.6. The molecule has 2 heterocycles. The summed E-state index contributed by atoms with van der Waals surface area (Å²) >= 11 is 0. The number of carbonyl (C=O) groups is 1. The summed E-state index contributed by atoms with van der Waals surface area (Å²) in [5.74, 6) is -0.314. The van der Waals surface area contributed by atoms with Gasteiger partial charge in [-0.15, -0.1) is 0 Å². The fourth-order valence-electron chi connectivity index (χ4n) is 7.10. The number of amides is 1. The second-order valence-corrected chi connectivity index (χ2v) is 15.3. The van der Waals surface area contributed by atoms with Crippen molar-refractivity contribution < 1.29 is 44.9 Å². The van der Waals surface area contributed by atoms with Crippen molar-refractivity contribution in [2.75, 3.05) is 13.2 Å². The molecule has 7 N–H and O–H groups in total. The third-order valence-electron chi connectivity index (χ3n) is 10.7. The Morgan fingerprint density at radius 1 is 0.755 bits per heavy atom. The van der Waals surface area contributed by atoms with E-state index in [0.717, 1.165) is 19.3 Å². The Morgan fingerprint density at radius 2 is 1.23 bits per heavy atom. The normalized spacial score (nSPS) is 22.2. The first-order chi connectivity index (χ1) is 25.7. The van der Waals surface area contributed by atoms with Gasteiger partial charge in [0.2, 0.25) is 5.91 Å². The Morgan fingerprint density at radius 3 is 1.66 bits per heavy atom. The van der Waals surface area contributed by atoms with Crippen molar-refractivity contribution >= 4 is 5.91 Å². The molecule has 8 atom stereocenters. The summed E-state index contributed by atoms with van der Waals surface area (Å²) in [7, 11) is 0. The van der Waals surface area contributed by atoms with Gasteiger partial charge in [0.1, 0.15) is 36.6 Å². The fraction of sp³-hybridized carbons (Fsp3) is 0.902. The van der Waals surface area contributed by atoms with E-state index < -0.39 is 55.6 Å². The number of carbonyl (C=O) groups excluding carboxylic acids is 1. The monoisotopic (exact) mass is 756 g/mol. The van der Waals surface area contributed by atoms with Gasteiger partial charge in [-0.25, -0.2) is 0 Å². The quantitative estimate of drug-likeness (QED) is 0.0421. The van der Waals surface area contributed by atoms with E-state index in [1.54, 1.807) is 10.9 Å². The van der Waals surface area contributed by atoms with E-state index in [9.17, 15) is 35.4 Å². The summed E-state index contributed by atoms with van der Waals surface area (Å²) in [6, 6.07) is -1.10. The average molecular weight is 756 g/mol. The summed E-state index contributed by atoms with van der Waals surface area (Å²) in [5.41, 5.74) is 0.362. The van der Waals surface area contributed by atoms with Crippen molar-refractivity contribution in [2.24, 2.45) is 0 Å². The minimum atomic E-state index is -1.64. The molecule has 1 aliphatic rings. The predicted molar refractivity (Wildman–Crippen MR) is 207 cm³/mol. The zero-order chi connectivity index (χ0) is 38.7. The van der Waals surface area contributed by atoms with Gasteiger partial charge in [0, 0.05) is 24.7 Å². The van der Waals surface area contributed by atoms with Gasteiger partial charge in [-0.2, -0.15) is 5.10 Å². The number of hydrogen-bond acceptors (Lipinski definition) is 10. The van der Waals surface area contributed by atoms with Crippen molar-refractivity contribution in [3.05, 3.63) is 18.0 Å². The minimum Gasteiger partial charge on any atom is -0.394 e. The lowest BCUT2D eigenvalue weighted by atomic mass is 9.99. The van der Waals surface area contributed by atoms with Crippen LogP contribution in [0.15, 0.2) is 12.4 Å². The number of rotatable bonds is 33. The second kappa shape index (κ2) is 29.6. The van der Waals surface area contributed by atoms with E-state index in [1.807, 2.05) is 6.92 Å². The van der Waals surface area contributed by atoms with E-state index in [-0.39, 0.29) is 18.9 Å². The summed E-state index contributed by atoms with van der Waals surface area (Å²) < 4.78 is 12.6. The maximum Gasteiger partial charge on any atom is 0.220 e. The van der Waals surface area contributed by atoms with Crippen LogP contribution in [0.1, 0.15) is 180 Å². The largest absolute Gasteiger partial charge is 0.394 e. The van der Waals surface area contributed by atoms with Gasteiger partial charge in [0.05, 0.1) is 25.5 Å². The average Bonchev–Trinajstić information content (AvgIpc) is 3.65. The molecule has 0 unspecified atom stereocenters. The highest BCUT2D eigenvalue weighted by Gasteiger charge is 2.44. The number of unbranched alkanes of at least 4 members (excludes halogenated alkanes) is 22. The number of nitrogens with one attached hydrogen (secondary N) is 1. The summed E-state index contributed by atoms with van der Waals surface area (Å²) in [6.07, 6.45) is 22.8. The molecule has 12 nitrogen and oxygen atoms in total. The van der Waals surface area contributed by atoms with Crippen LogP contribution >= 0.6 is 0 Å². The van der Waals surface area contributed by atoms with Gasteiger partial charge in [0.15, 0.2) is 6.29 Å². The lowest BCUT2D eigenvalue weighted by molar-refractivity contribution is -0.303. The standard InChI is InChI=1S/C41H77N3O9/c1-3-5-6-7-8-9-10-11-12-13-14-15-16-17-18-19-20-21-22-23-24-25-26-27-35(46)43-33(37(48)36(47)32-28-42-44(4-2)29-32)31-52-41-40(51)39(50)38(49)34(30-45)53-41/h28-29,33-34,36-41,45,47-51H,3-27,30-31H2,1-2H3,(H,43,46)/t33-,34+,36+,37-,38-,39-,40+,41-/m0/s1. The zero-order valence-electron chi connectivity index (χ0n) is 33.2. The third kappa shape index (κ3) is 19.7. The smallest absolute Gasteiger partial charge is 0.220 e. The van der Waals surface area contributed by atoms with Gasteiger partial charge < -0.3 is 45.4 Å². The van der Waals surface area contributed by atoms with Gasteiger partial charge in [0.25, 0.3) is 0 Å². The van der Waals surface area contributed by atoms with Crippen LogP contribution in [0.4, 0.5) is 0 Å². The molecule has 2 rings (SSSR count). The molecule has 1 aromatic rings. The van der Waals surface area contributed by atoms with Crippen molar-refractivity contribution in [2.45, 2.75) is 223 Å². The van der Waals surface area contributed by atoms with Gasteiger partial charge in [-0.1, -0.05) is 148 Å². The highest BCUT2D eigenvalue weighted by atomic mass is 16.7. The molecular weight excluding hydrogens is 678 g/mol. The number of aliphatic hydroxyl groups excluding tert-OH is 6. The number of aromatic nitrogens is 2. The van der Waals surface area contributed by atoms with Crippen molar-refractivity contribution in [1.29, 1.82) is 0 Å². The van der Waals surface area contributed by atoms with Crippen molar-refractivity contribution in [3.63, 3.8) is 0 Å². The maximum absolute atomic E-state index is 12.9. The first-order valence-electron chi connectivity index (χ1n) is 21.3. The third-order valence-corrected chi connectivity index (χ3v) is 10.7. The molecule has 1 aromatic heterocycles. The molecular formula is C41H77N3O9. The molecule has 0 radical (unpaired) electrons. The van der Waals surface area contributed by atoms with Crippen LogP contribution in [0.5, 0.6) is 0 Å². The van der Waals surface area contributed by atoms with Crippen LogP contribution in [0.2, 0.25) is 0 Å². The Bertz CT molecular complexity index is 1030. The van der Waals surface area contributed by atoms with Gasteiger partial charge in [-0.05, 0) is 13.3 Å². The van der Waals surface area contributed by atoms with E-state index in [4.69, 9.17) is 9.47 Å². The molecule has 1 saturated heterocycles. The predicted octanol–water partition coefficient (Wildman–Crippen LogP) is 5.98. The van der Waals surface area contributed by atoms with Crippen LogP contribution in [0.3, 0.4) is 0 Å². The van der Waals surface area contributed by atoms with Crippen LogP contribution in [0, 0.1) is 0 Å². The minimum absolute atomic E-state index is 0.242. The molecule has 0 aromatic carbocycles. The number of aliphatic hydroxyl groups is 6. The molecule has 12 heteroatoms. The molecule has 0 saturated carbocycles. The van der Waals surface area contributed by atoms with Crippen LogP contribution < -0.4 is 5.32 Å². The maximum atomic E-state index is 12.9. The summed E-state index contributed by atoms with van der Waals surface area (Å²) in [5, 5.41) is 68.9. The topological polar surface area (TPSA) is 187 Å². The van der Waals surface area contributed by atoms with E-state index in [1.165, 1.54) is 128 Å². The highest BCUT2D eigenvalue weighted by molar-refractivity contribution is 5.76. The molecule has 0 spiro atoms. The number of ether oxygens (including phenoxy) is 2. The molecule has 1 aliphatic heterocycles. The first-order valence-corrected chi connectivity index (χ1v) is 21.3. The first kappa shape index (κ1) is 47.5. The fourth-order valence-corrected chi connectivity index (χ4v) is 7.10. The van der Waals surface area contributed by atoms with Gasteiger partial charge >= 0.3 is 0 Å². The molecule has 1 amide bonds. The van der Waals surface area contributed by atoms with Crippen LogP contribution in [0.25, 0.3) is 0 Å². The summed E-state index contributed by atoms with van der Waals surface area (Å²) in [6.45, 7) is 3.74. The second-order valence-electron chi connectivity index (χ2n) is 15.3. The SMILES string of the molecule is CCCCCCCCCCCCCCCCCCCCCCCCCC(=O)N[C@@H](CO[C@H]1O[C@H](CO)[C@H](O)[C@H](O)[C@H]1O)[C@H](O)[C@H](O)c1cnn(CC)c1. The Balaban J connectivity index is 1.57. The molecule has 1 fully saturated rings. The molecule has 0 bridgehead atoms. The van der Waals surface area contributed by atoms with E-state index >= 15 is 0 Å². The summed E-state index contributed by atoms with van der Waals surface area (Å²) in [4.78, 5) is 12.9. The van der Waals surface area contributed by atoms with Crippen LogP contribution in [-0.2, 0) is 20.8 Å².